The third kappa shape index (κ3) is 13.0. The van der Waals surface area contributed by atoms with Crippen molar-refractivity contribution < 1.29 is 8.83 Å². The van der Waals surface area contributed by atoms with E-state index in [1.54, 1.807) is 0 Å². The maximum absolute atomic E-state index is 6.79. The van der Waals surface area contributed by atoms with Crippen LogP contribution in [-0.2, 0) is 0 Å². The summed E-state index contributed by atoms with van der Waals surface area (Å²) in [4.78, 5) is 4.69. The number of hydrogen-bond acceptors (Lipinski definition) is 6. The minimum atomic E-state index is 0.909. The van der Waals surface area contributed by atoms with Crippen LogP contribution in [0.2, 0.25) is 0 Å². The van der Waals surface area contributed by atoms with Crippen molar-refractivity contribution in [3.05, 3.63) is 473 Å². The molecule has 0 unspecified atom stereocenters. The molecule has 0 spiro atoms. The second-order valence-electron chi connectivity index (χ2n) is 34.4. The summed E-state index contributed by atoms with van der Waals surface area (Å²) in [6.07, 6.45) is 0. The zero-order valence-corrected chi connectivity index (χ0v) is 73.2. The number of nitrogens with zero attached hydrogens (tertiary/aromatic N) is 2. The van der Waals surface area contributed by atoms with Crippen LogP contribution in [0.5, 0.6) is 0 Å². The van der Waals surface area contributed by atoms with E-state index in [4.69, 9.17) is 8.83 Å². The van der Waals surface area contributed by atoms with Crippen molar-refractivity contribution in [2.24, 2.45) is 0 Å². The van der Waals surface area contributed by atoms with Gasteiger partial charge in [-0.2, -0.15) is 0 Å². The molecule has 0 aliphatic rings. The van der Waals surface area contributed by atoms with E-state index in [1.165, 1.54) is 166 Å². The summed E-state index contributed by atoms with van der Waals surface area (Å²) >= 11 is 3.79. The Morgan fingerprint density at radius 2 is 0.470 bits per heavy atom. The lowest BCUT2D eigenvalue weighted by atomic mass is 9.94. The highest BCUT2D eigenvalue weighted by molar-refractivity contribution is 7.27. The van der Waals surface area contributed by atoms with Crippen molar-refractivity contribution in [1.29, 1.82) is 0 Å². The predicted octanol–water partition coefficient (Wildman–Crippen LogP) is 37.4. The summed E-state index contributed by atoms with van der Waals surface area (Å²) in [6.45, 7) is 0. The summed E-state index contributed by atoms with van der Waals surface area (Å²) in [6, 6.07) is 172. The van der Waals surface area contributed by atoms with Gasteiger partial charge in [-0.1, -0.05) is 364 Å². The maximum atomic E-state index is 6.79. The summed E-state index contributed by atoms with van der Waals surface area (Å²) in [5, 5.41) is 25.0. The Balaban J connectivity index is 0.000000140. The van der Waals surface area contributed by atoms with Crippen LogP contribution in [0.3, 0.4) is 0 Å². The van der Waals surface area contributed by atoms with Gasteiger partial charge in [-0.3, -0.25) is 0 Å². The summed E-state index contributed by atoms with van der Waals surface area (Å²) < 4.78 is 18.7. The first-order valence-electron chi connectivity index (χ1n) is 45.0. The van der Waals surface area contributed by atoms with Gasteiger partial charge in [-0.15, -0.1) is 22.7 Å². The molecule has 4 heterocycles. The molecule has 0 amide bonds. The summed E-state index contributed by atoms with van der Waals surface area (Å²) in [5.41, 5.74) is 26.7. The van der Waals surface area contributed by atoms with Gasteiger partial charge < -0.3 is 18.6 Å². The molecule has 0 aliphatic heterocycles. The van der Waals surface area contributed by atoms with Gasteiger partial charge in [0.15, 0.2) is 0 Å². The minimum Gasteiger partial charge on any atom is -0.455 e. The minimum absolute atomic E-state index is 0.909. The zero-order chi connectivity index (χ0) is 86.9. The Morgan fingerprint density at radius 3 is 0.977 bits per heavy atom. The van der Waals surface area contributed by atoms with Crippen LogP contribution in [0.1, 0.15) is 0 Å². The smallest absolute Gasteiger partial charge is 0.143 e. The third-order valence-electron chi connectivity index (χ3n) is 26.9. The monoisotopic (exact) mass is 1710 g/mol. The van der Waals surface area contributed by atoms with E-state index in [2.05, 4.69) is 483 Å². The molecule has 0 aliphatic carbocycles. The standard InChI is InChI=1S/C68H43NOS.C58H35NOS/c1-2-10-44(11-3-1)47-28-36-54(37-29-47)69(55-38-30-48(31-39-55)45-20-24-52(25-21-45)59-16-8-18-61-65-57-14-6-4-12-50(57)34-42-63(65)70-67(59)61)56-40-32-49(33-41-56)46-22-26-53(27-23-46)60-17-9-19-62-66-58-15-7-5-13-51(58)35-43-64(66)71-68(60)62;1-2-16-42(17-3-1)59(43-28-22-38(23-29-43)49-34-40-14-6-10-20-47(40)55-53-45-18-8-4-12-36(45)26-32-51(53)60-57(49)55)44-30-24-39(25-31-44)50-35-41-15-7-11-21-48(41)56-54-46-19-9-5-13-37(46)27-33-52(54)61-58(50)56/h1-43H;1-35H. The molecule has 616 valence electrons. The largest absolute Gasteiger partial charge is 0.455 e. The number of benzene rings is 23. The van der Waals surface area contributed by atoms with Crippen molar-refractivity contribution in [1.82, 2.24) is 0 Å². The molecule has 0 fully saturated rings. The Hall–Kier alpha value is -16.7. The lowest BCUT2D eigenvalue weighted by molar-refractivity contribution is 0.670. The van der Waals surface area contributed by atoms with Crippen molar-refractivity contribution in [2.75, 3.05) is 9.80 Å². The van der Waals surface area contributed by atoms with Crippen LogP contribution < -0.4 is 9.80 Å². The van der Waals surface area contributed by atoms with E-state index in [-0.39, 0.29) is 0 Å². The predicted molar refractivity (Wildman–Crippen MR) is 566 cm³/mol. The van der Waals surface area contributed by atoms with Gasteiger partial charge in [0.2, 0.25) is 0 Å². The van der Waals surface area contributed by atoms with E-state index in [9.17, 15) is 0 Å². The highest BCUT2D eigenvalue weighted by Crippen LogP contribution is 2.51. The number of furan rings is 2. The van der Waals surface area contributed by atoms with E-state index in [1.807, 2.05) is 22.7 Å². The molecular formula is C126H78N2O2S2. The normalized spacial score (nSPS) is 11.8. The molecule has 0 saturated carbocycles. The lowest BCUT2D eigenvalue weighted by Gasteiger charge is -2.26. The number of hydrogen-bond donors (Lipinski definition) is 0. The highest BCUT2D eigenvalue weighted by atomic mass is 32.1. The molecule has 0 N–H and O–H groups in total. The van der Waals surface area contributed by atoms with Crippen molar-refractivity contribution in [2.45, 2.75) is 0 Å². The molecule has 0 bridgehead atoms. The van der Waals surface area contributed by atoms with Gasteiger partial charge in [-0.05, 0) is 235 Å². The summed E-state index contributed by atoms with van der Waals surface area (Å²) in [7, 11) is 0. The molecule has 0 saturated heterocycles. The average molecular weight is 1720 g/mol. The lowest BCUT2D eigenvalue weighted by Crippen LogP contribution is -2.09. The highest BCUT2D eigenvalue weighted by Gasteiger charge is 2.25. The van der Waals surface area contributed by atoms with Gasteiger partial charge in [0.1, 0.15) is 22.3 Å². The number of thiophene rings is 2. The molecule has 0 radical (unpaired) electrons. The molecule has 4 aromatic heterocycles. The fourth-order valence-electron chi connectivity index (χ4n) is 20.6. The van der Waals surface area contributed by atoms with Crippen LogP contribution in [0.15, 0.2) is 482 Å². The first-order chi connectivity index (χ1) is 65.4. The third-order valence-corrected chi connectivity index (χ3v) is 29.3. The first-order valence-corrected chi connectivity index (χ1v) is 46.7. The fraction of sp³-hybridized carbons (Fsp3) is 0. The quantitative estimate of drug-likeness (QED) is 0.115. The number of para-hydroxylation sites is 2. The van der Waals surface area contributed by atoms with Crippen LogP contribution >= 0.6 is 22.7 Å². The Bertz CT molecular complexity index is 8740. The number of fused-ring (bicyclic) bond motifs is 24. The topological polar surface area (TPSA) is 32.8 Å². The molecule has 6 heteroatoms. The van der Waals surface area contributed by atoms with Crippen molar-refractivity contribution >= 4 is 206 Å². The van der Waals surface area contributed by atoms with Crippen molar-refractivity contribution in [3.8, 4) is 77.9 Å². The van der Waals surface area contributed by atoms with E-state index in [0.717, 1.165) is 95.2 Å². The molecular weight excluding hydrogens is 1640 g/mol. The van der Waals surface area contributed by atoms with Crippen LogP contribution in [-0.4, -0.2) is 0 Å². The first kappa shape index (κ1) is 76.5. The van der Waals surface area contributed by atoms with Crippen LogP contribution in [0, 0.1) is 0 Å². The molecule has 132 heavy (non-hydrogen) atoms. The molecule has 0 atom stereocenters. The fourth-order valence-corrected chi connectivity index (χ4v) is 23.1. The van der Waals surface area contributed by atoms with Gasteiger partial charge in [0.05, 0.1) is 0 Å². The van der Waals surface area contributed by atoms with Gasteiger partial charge in [0.25, 0.3) is 0 Å². The van der Waals surface area contributed by atoms with E-state index < -0.39 is 0 Å². The maximum Gasteiger partial charge on any atom is 0.143 e. The second kappa shape index (κ2) is 31.6. The second-order valence-corrected chi connectivity index (χ2v) is 36.5. The van der Waals surface area contributed by atoms with Gasteiger partial charge >= 0.3 is 0 Å². The average Bonchev–Trinajstić information content (AvgIpc) is 1.56. The Labute approximate surface area is 769 Å². The Morgan fingerprint density at radius 1 is 0.159 bits per heavy atom. The Kier molecular flexibility index (Phi) is 18.3. The SMILES string of the molecule is c1ccc(-c2ccc(N(c3ccc(-c4ccc(-c5cccc6c5oc5ccc7ccccc7c56)cc4)cc3)c3ccc(-c4ccc(-c5cccc6c5sc5ccc7ccccc7c56)cc4)cc3)cc2)cc1.c1ccc(N(c2ccc(-c3cc4ccccc4c4c3oc3ccc5ccccc5c34)cc2)c2ccc(-c3cc4ccccc4c4c3sc3ccc5ccccc5c34)cc2)cc1. The van der Waals surface area contributed by atoms with Crippen molar-refractivity contribution in [3.63, 3.8) is 0 Å². The van der Waals surface area contributed by atoms with Crippen LogP contribution in [0.25, 0.3) is 227 Å². The number of rotatable bonds is 13. The molecule has 4 nitrogen and oxygen atoms in total. The number of anilines is 6. The van der Waals surface area contributed by atoms with Gasteiger partial charge in [0, 0.05) is 113 Å². The van der Waals surface area contributed by atoms with E-state index >= 15 is 0 Å². The molecule has 27 rings (SSSR count). The molecule has 27 aromatic rings. The summed E-state index contributed by atoms with van der Waals surface area (Å²) in [5.74, 6) is 0. The van der Waals surface area contributed by atoms with Gasteiger partial charge in [-0.25, -0.2) is 0 Å². The van der Waals surface area contributed by atoms with Crippen LogP contribution in [0.4, 0.5) is 34.1 Å². The van der Waals surface area contributed by atoms with E-state index in [0.29, 0.717) is 0 Å². The zero-order valence-electron chi connectivity index (χ0n) is 71.6. The molecule has 23 aromatic carbocycles.